The maximum Gasteiger partial charge on any atom is 0.267 e. The Morgan fingerprint density at radius 1 is 1.32 bits per heavy atom. The molecule has 0 saturated heterocycles. The second kappa shape index (κ2) is 5.94. The molecule has 0 bridgehead atoms. The van der Waals surface area contributed by atoms with E-state index in [2.05, 4.69) is 5.32 Å². The van der Waals surface area contributed by atoms with Gasteiger partial charge in [-0.2, -0.15) is 8.42 Å². The SMILES string of the molecule is CC(C)(NC[C@@H](F)CS(=O)(=O)O)c1ccc(F)cc1. The van der Waals surface area contributed by atoms with Crippen molar-refractivity contribution < 1.29 is 21.8 Å². The number of benzene rings is 1. The zero-order chi connectivity index (χ0) is 14.7. The van der Waals surface area contributed by atoms with Crippen LogP contribution in [0, 0.1) is 5.82 Å². The monoisotopic (exact) mass is 293 g/mol. The third kappa shape index (κ3) is 5.63. The van der Waals surface area contributed by atoms with Crippen LogP contribution in [0.25, 0.3) is 0 Å². The van der Waals surface area contributed by atoms with E-state index in [4.69, 9.17) is 4.55 Å². The summed E-state index contributed by atoms with van der Waals surface area (Å²) in [5.74, 6) is -1.31. The molecule has 0 spiro atoms. The Kier molecular flexibility index (Phi) is 5.00. The molecule has 1 atom stereocenters. The molecule has 2 N–H and O–H groups in total. The fourth-order valence-corrected chi connectivity index (χ4v) is 2.20. The molecule has 19 heavy (non-hydrogen) atoms. The molecule has 0 aliphatic carbocycles. The van der Waals surface area contributed by atoms with Gasteiger partial charge in [-0.25, -0.2) is 8.78 Å². The molecule has 0 radical (unpaired) electrons. The second-order valence-electron chi connectivity index (χ2n) is 4.86. The van der Waals surface area contributed by atoms with Crippen LogP contribution in [-0.2, 0) is 15.7 Å². The smallest absolute Gasteiger partial charge is 0.267 e. The molecule has 108 valence electrons. The molecule has 4 nitrogen and oxygen atoms in total. The zero-order valence-corrected chi connectivity index (χ0v) is 11.5. The first-order valence-electron chi connectivity index (χ1n) is 5.70. The van der Waals surface area contributed by atoms with Gasteiger partial charge in [-0.3, -0.25) is 4.55 Å². The van der Waals surface area contributed by atoms with Crippen molar-refractivity contribution in [3.05, 3.63) is 35.6 Å². The summed E-state index contributed by atoms with van der Waals surface area (Å²) >= 11 is 0. The first kappa shape index (κ1) is 16.0. The summed E-state index contributed by atoms with van der Waals surface area (Å²) in [5, 5.41) is 2.84. The van der Waals surface area contributed by atoms with Crippen molar-refractivity contribution in [3.63, 3.8) is 0 Å². The summed E-state index contributed by atoms with van der Waals surface area (Å²) in [4.78, 5) is 0. The van der Waals surface area contributed by atoms with Gasteiger partial charge in [-0.15, -0.1) is 0 Å². The highest BCUT2D eigenvalue weighted by Gasteiger charge is 2.23. The minimum Gasteiger partial charge on any atom is -0.305 e. The van der Waals surface area contributed by atoms with Gasteiger partial charge < -0.3 is 5.32 Å². The molecule has 7 heteroatoms. The Morgan fingerprint density at radius 2 is 1.84 bits per heavy atom. The molecule has 1 rings (SSSR count). The fourth-order valence-electron chi connectivity index (χ4n) is 1.62. The minimum atomic E-state index is -4.33. The summed E-state index contributed by atoms with van der Waals surface area (Å²) in [6, 6.07) is 5.73. The quantitative estimate of drug-likeness (QED) is 0.786. The average Bonchev–Trinajstić information content (AvgIpc) is 2.25. The normalized spacial score (nSPS) is 14.4. The number of hydrogen-bond donors (Lipinski definition) is 2. The van der Waals surface area contributed by atoms with Gasteiger partial charge in [0.25, 0.3) is 10.1 Å². The number of nitrogens with one attached hydrogen (secondary N) is 1. The first-order valence-corrected chi connectivity index (χ1v) is 7.31. The highest BCUT2D eigenvalue weighted by molar-refractivity contribution is 7.85. The maximum absolute atomic E-state index is 13.3. The van der Waals surface area contributed by atoms with Crippen molar-refractivity contribution in [3.8, 4) is 0 Å². The highest BCUT2D eigenvalue weighted by atomic mass is 32.2. The Bertz CT molecular complexity index is 514. The molecule has 0 saturated carbocycles. The van der Waals surface area contributed by atoms with Crippen molar-refractivity contribution in [1.82, 2.24) is 5.32 Å². The van der Waals surface area contributed by atoms with Crippen molar-refractivity contribution in [2.24, 2.45) is 0 Å². The average molecular weight is 293 g/mol. The molecule has 0 heterocycles. The molecular formula is C12H17F2NO3S. The van der Waals surface area contributed by atoms with Crippen LogP contribution in [0.2, 0.25) is 0 Å². The molecular weight excluding hydrogens is 276 g/mol. The summed E-state index contributed by atoms with van der Waals surface area (Å²) < 4.78 is 55.7. The van der Waals surface area contributed by atoms with Crippen LogP contribution in [0.1, 0.15) is 19.4 Å². The number of hydrogen-bond acceptors (Lipinski definition) is 3. The van der Waals surface area contributed by atoms with E-state index in [9.17, 15) is 17.2 Å². The van der Waals surface area contributed by atoms with Gasteiger partial charge in [0.05, 0.1) is 0 Å². The zero-order valence-electron chi connectivity index (χ0n) is 10.7. The van der Waals surface area contributed by atoms with Crippen LogP contribution in [0.3, 0.4) is 0 Å². The lowest BCUT2D eigenvalue weighted by Gasteiger charge is -2.27. The molecule has 0 fully saturated rings. The maximum atomic E-state index is 13.3. The van der Waals surface area contributed by atoms with Crippen LogP contribution in [0.5, 0.6) is 0 Å². The van der Waals surface area contributed by atoms with Crippen molar-refractivity contribution >= 4 is 10.1 Å². The third-order valence-corrected chi connectivity index (χ3v) is 3.51. The lowest BCUT2D eigenvalue weighted by molar-refractivity contribution is 0.293. The topological polar surface area (TPSA) is 66.4 Å². The van der Waals surface area contributed by atoms with Crippen LogP contribution < -0.4 is 5.32 Å². The van der Waals surface area contributed by atoms with Gasteiger partial charge in [0.1, 0.15) is 17.7 Å². The summed E-state index contributed by atoms with van der Waals surface area (Å²) in [6.45, 7) is 3.30. The molecule has 0 aliphatic heterocycles. The lowest BCUT2D eigenvalue weighted by Crippen LogP contribution is -2.41. The van der Waals surface area contributed by atoms with E-state index >= 15 is 0 Å². The molecule has 0 aromatic heterocycles. The third-order valence-electron chi connectivity index (χ3n) is 2.72. The van der Waals surface area contributed by atoms with Crippen LogP contribution >= 0.6 is 0 Å². The molecule has 1 aromatic carbocycles. The summed E-state index contributed by atoms with van der Waals surface area (Å²) in [6.07, 6.45) is -1.71. The van der Waals surface area contributed by atoms with Crippen LogP contribution in [0.4, 0.5) is 8.78 Å². The predicted molar refractivity (Wildman–Crippen MR) is 68.7 cm³/mol. The minimum absolute atomic E-state index is 0.232. The van der Waals surface area contributed by atoms with E-state index in [1.54, 1.807) is 26.0 Å². The van der Waals surface area contributed by atoms with Gasteiger partial charge in [-0.05, 0) is 31.5 Å². The van der Waals surface area contributed by atoms with Crippen LogP contribution in [-0.4, -0.2) is 31.4 Å². The van der Waals surface area contributed by atoms with E-state index in [-0.39, 0.29) is 12.4 Å². The standard InChI is InChI=1S/C12H17F2NO3S/c1-12(2,9-3-5-10(13)6-4-9)15-7-11(14)8-19(16,17)18/h3-6,11,15H,7-8H2,1-2H3,(H,16,17,18)/t11-/m1/s1. The number of halogens is 2. The molecule has 0 aliphatic rings. The van der Waals surface area contributed by atoms with Gasteiger partial charge >= 0.3 is 0 Å². The Labute approximate surface area is 111 Å². The van der Waals surface area contributed by atoms with Crippen LogP contribution in [0.15, 0.2) is 24.3 Å². The van der Waals surface area contributed by atoms with E-state index < -0.39 is 27.6 Å². The second-order valence-corrected chi connectivity index (χ2v) is 6.36. The van der Waals surface area contributed by atoms with Crippen molar-refractivity contribution in [2.45, 2.75) is 25.6 Å². The van der Waals surface area contributed by atoms with E-state index in [1.165, 1.54) is 12.1 Å². The molecule has 1 aromatic rings. The Hall–Kier alpha value is -1.05. The first-order chi connectivity index (χ1) is 8.60. The number of alkyl halides is 1. The lowest BCUT2D eigenvalue weighted by atomic mass is 9.94. The van der Waals surface area contributed by atoms with E-state index in [0.29, 0.717) is 0 Å². The summed E-state index contributed by atoms with van der Waals surface area (Å²) in [5.41, 5.74) is 0.102. The molecule has 0 amide bonds. The van der Waals surface area contributed by atoms with Crippen molar-refractivity contribution in [2.75, 3.05) is 12.3 Å². The van der Waals surface area contributed by atoms with Gasteiger partial charge in [0.2, 0.25) is 0 Å². The summed E-state index contributed by atoms with van der Waals surface area (Å²) in [7, 11) is -4.33. The van der Waals surface area contributed by atoms with E-state index in [1.807, 2.05) is 0 Å². The Balaban J connectivity index is 2.62. The predicted octanol–water partition coefficient (Wildman–Crippen LogP) is 1.88. The highest BCUT2D eigenvalue weighted by Crippen LogP contribution is 2.20. The van der Waals surface area contributed by atoms with Gasteiger partial charge in [-0.1, -0.05) is 12.1 Å². The Morgan fingerprint density at radius 3 is 2.32 bits per heavy atom. The largest absolute Gasteiger partial charge is 0.305 e. The van der Waals surface area contributed by atoms with Gasteiger partial charge in [0.15, 0.2) is 0 Å². The number of rotatable bonds is 6. The molecule has 0 unspecified atom stereocenters. The van der Waals surface area contributed by atoms with E-state index in [0.717, 1.165) is 5.56 Å². The van der Waals surface area contributed by atoms with Gasteiger partial charge in [0, 0.05) is 12.1 Å². The van der Waals surface area contributed by atoms with Crippen molar-refractivity contribution in [1.29, 1.82) is 0 Å². The fraction of sp³-hybridized carbons (Fsp3) is 0.500.